The molecule has 0 spiro atoms. The van der Waals surface area contributed by atoms with Crippen LogP contribution in [0.3, 0.4) is 0 Å². The van der Waals surface area contributed by atoms with Crippen molar-refractivity contribution >= 4 is 23.3 Å². The van der Waals surface area contributed by atoms with Gasteiger partial charge in [-0.1, -0.05) is 37.6 Å². The molecular formula is C20H26ClNO2. The van der Waals surface area contributed by atoms with Gasteiger partial charge in [0, 0.05) is 10.4 Å². The van der Waals surface area contributed by atoms with Crippen LogP contribution in [0.15, 0.2) is 24.3 Å². The number of carbonyl (C=O) groups is 2. The molecule has 0 aromatic heterocycles. The van der Waals surface area contributed by atoms with Gasteiger partial charge in [0.2, 0.25) is 5.91 Å². The summed E-state index contributed by atoms with van der Waals surface area (Å²) in [6.07, 6.45) is 4.66. The van der Waals surface area contributed by atoms with Gasteiger partial charge in [0.25, 0.3) is 0 Å². The summed E-state index contributed by atoms with van der Waals surface area (Å²) < 4.78 is 0. The Labute approximate surface area is 149 Å². The van der Waals surface area contributed by atoms with Gasteiger partial charge in [0.1, 0.15) is 0 Å². The van der Waals surface area contributed by atoms with Gasteiger partial charge in [0.05, 0.1) is 12.1 Å². The number of carbonyl (C=O) groups excluding carboxylic acids is 2. The third-order valence-corrected chi connectivity index (χ3v) is 6.13. The van der Waals surface area contributed by atoms with Crippen LogP contribution >= 0.6 is 11.6 Å². The lowest BCUT2D eigenvalue weighted by Gasteiger charge is -2.47. The molecule has 0 radical (unpaired) electrons. The Kier molecular flexibility index (Phi) is 4.74. The number of hydrogen-bond acceptors (Lipinski definition) is 2. The molecule has 24 heavy (non-hydrogen) atoms. The molecule has 4 heteroatoms. The van der Waals surface area contributed by atoms with Crippen molar-refractivity contribution in [2.24, 2.45) is 11.3 Å². The fraction of sp³-hybridized carbons (Fsp3) is 0.600. The van der Waals surface area contributed by atoms with E-state index in [4.69, 9.17) is 11.6 Å². The van der Waals surface area contributed by atoms with Gasteiger partial charge in [0.15, 0.2) is 5.78 Å². The summed E-state index contributed by atoms with van der Waals surface area (Å²) >= 11 is 6.02. The van der Waals surface area contributed by atoms with E-state index in [1.54, 1.807) is 6.92 Å². The van der Waals surface area contributed by atoms with Gasteiger partial charge < -0.3 is 4.90 Å². The van der Waals surface area contributed by atoms with Crippen LogP contribution in [0.5, 0.6) is 0 Å². The first-order valence-electron chi connectivity index (χ1n) is 8.96. The van der Waals surface area contributed by atoms with E-state index in [-0.39, 0.29) is 29.2 Å². The quantitative estimate of drug-likeness (QED) is 0.768. The molecule has 3 rings (SSSR count). The zero-order valence-corrected chi connectivity index (χ0v) is 15.5. The molecule has 1 aromatic rings. The van der Waals surface area contributed by atoms with Crippen LogP contribution in [0, 0.1) is 11.3 Å². The van der Waals surface area contributed by atoms with Crippen LogP contribution in [0.25, 0.3) is 0 Å². The van der Waals surface area contributed by atoms with Crippen molar-refractivity contribution in [3.05, 3.63) is 34.9 Å². The van der Waals surface area contributed by atoms with Gasteiger partial charge in [-0.25, -0.2) is 0 Å². The molecule has 3 nitrogen and oxygen atoms in total. The molecule has 0 bridgehead atoms. The molecule has 0 N–H and O–H groups in total. The lowest BCUT2D eigenvalue weighted by atomic mass is 9.74. The first-order valence-corrected chi connectivity index (χ1v) is 9.34. The van der Waals surface area contributed by atoms with Crippen LogP contribution in [0.1, 0.15) is 64.5 Å². The number of benzene rings is 1. The number of amides is 1. The summed E-state index contributed by atoms with van der Waals surface area (Å²) in [5, 5.41) is 0.691. The summed E-state index contributed by atoms with van der Waals surface area (Å²) in [7, 11) is 0. The topological polar surface area (TPSA) is 37.4 Å². The van der Waals surface area contributed by atoms with Crippen molar-refractivity contribution in [3.63, 3.8) is 0 Å². The first-order chi connectivity index (χ1) is 11.4. The lowest BCUT2D eigenvalue weighted by molar-refractivity contribution is -0.157. The Hall–Kier alpha value is -1.35. The standard InChI is InChI=1S/C20H26ClNO2/c1-4-20(3)12-11-17(14-7-9-16(21)10-8-14)22(19(20)24)18(13(2)23)15-5-6-15/h7-10,15,17-18H,4-6,11-12H2,1-3H3/t17?,18?,20-/m0/s1. The summed E-state index contributed by atoms with van der Waals surface area (Å²) in [4.78, 5) is 27.7. The summed E-state index contributed by atoms with van der Waals surface area (Å²) in [5.74, 6) is 0.592. The van der Waals surface area contributed by atoms with Gasteiger partial charge in [-0.3, -0.25) is 9.59 Å². The molecule has 1 saturated heterocycles. The highest BCUT2D eigenvalue weighted by Crippen LogP contribution is 2.47. The minimum absolute atomic E-state index is 0.0242. The van der Waals surface area contributed by atoms with Crippen LogP contribution < -0.4 is 0 Å². The Balaban J connectivity index is 2.01. The molecule has 2 fully saturated rings. The van der Waals surface area contributed by atoms with Crippen LogP contribution in [-0.2, 0) is 9.59 Å². The van der Waals surface area contributed by atoms with E-state index in [0.29, 0.717) is 10.9 Å². The molecule has 2 unspecified atom stereocenters. The second kappa shape index (κ2) is 6.51. The molecule has 1 aliphatic heterocycles. The van der Waals surface area contributed by atoms with Crippen molar-refractivity contribution < 1.29 is 9.59 Å². The maximum Gasteiger partial charge on any atom is 0.229 e. The minimum Gasteiger partial charge on any atom is -0.325 e. The smallest absolute Gasteiger partial charge is 0.229 e. The Morgan fingerprint density at radius 3 is 2.42 bits per heavy atom. The van der Waals surface area contributed by atoms with Gasteiger partial charge in [-0.2, -0.15) is 0 Å². The minimum atomic E-state index is -0.356. The normalized spacial score (nSPS) is 28.8. The van der Waals surface area contributed by atoms with E-state index in [0.717, 1.165) is 37.7 Å². The number of likely N-dealkylation sites (tertiary alicyclic amines) is 1. The van der Waals surface area contributed by atoms with E-state index in [2.05, 4.69) is 6.92 Å². The van der Waals surface area contributed by atoms with Crippen LogP contribution in [0.4, 0.5) is 0 Å². The number of rotatable bonds is 5. The Morgan fingerprint density at radius 1 is 1.29 bits per heavy atom. The predicted molar refractivity (Wildman–Crippen MR) is 95.9 cm³/mol. The number of ketones is 1. The third kappa shape index (κ3) is 3.11. The van der Waals surface area contributed by atoms with Crippen molar-refractivity contribution in [2.45, 2.75) is 65.0 Å². The Bertz CT molecular complexity index is 638. The second-order valence-corrected chi connectivity index (χ2v) is 8.06. The number of Topliss-reactive ketones (excluding diaryl/α,β-unsaturated/α-hetero) is 1. The van der Waals surface area contributed by atoms with Crippen molar-refractivity contribution in [1.29, 1.82) is 0 Å². The zero-order chi connectivity index (χ0) is 17.5. The molecular weight excluding hydrogens is 322 g/mol. The molecule has 1 saturated carbocycles. The zero-order valence-electron chi connectivity index (χ0n) is 14.7. The number of nitrogens with zero attached hydrogens (tertiary/aromatic N) is 1. The Morgan fingerprint density at radius 2 is 1.92 bits per heavy atom. The summed E-state index contributed by atoms with van der Waals surface area (Å²) in [5.41, 5.74) is 0.726. The third-order valence-electron chi connectivity index (χ3n) is 5.88. The van der Waals surface area contributed by atoms with Crippen molar-refractivity contribution in [2.75, 3.05) is 0 Å². The van der Waals surface area contributed by atoms with Gasteiger partial charge in [-0.15, -0.1) is 0 Å². The maximum atomic E-state index is 13.4. The molecule has 130 valence electrons. The maximum absolute atomic E-state index is 13.4. The highest BCUT2D eigenvalue weighted by atomic mass is 35.5. The second-order valence-electron chi connectivity index (χ2n) is 7.63. The molecule has 1 amide bonds. The van der Waals surface area contributed by atoms with E-state index in [1.165, 1.54) is 0 Å². The van der Waals surface area contributed by atoms with E-state index in [1.807, 2.05) is 36.1 Å². The van der Waals surface area contributed by atoms with Crippen LogP contribution in [0.2, 0.25) is 5.02 Å². The van der Waals surface area contributed by atoms with Gasteiger partial charge >= 0.3 is 0 Å². The van der Waals surface area contributed by atoms with Crippen molar-refractivity contribution in [1.82, 2.24) is 4.90 Å². The number of hydrogen-bond donors (Lipinski definition) is 0. The average Bonchev–Trinajstić information content (AvgIpc) is 3.37. The summed E-state index contributed by atoms with van der Waals surface area (Å²) in [6.45, 7) is 5.75. The highest BCUT2D eigenvalue weighted by Gasteiger charge is 2.50. The number of piperidine rings is 1. The molecule has 1 aromatic carbocycles. The fourth-order valence-electron chi connectivity index (χ4n) is 3.98. The highest BCUT2D eigenvalue weighted by molar-refractivity contribution is 6.30. The van der Waals surface area contributed by atoms with E-state index >= 15 is 0 Å². The lowest BCUT2D eigenvalue weighted by Crippen LogP contribution is -2.55. The predicted octanol–water partition coefficient (Wildman–Crippen LogP) is 4.79. The molecule has 2 aliphatic rings. The molecule has 1 aliphatic carbocycles. The fourth-order valence-corrected chi connectivity index (χ4v) is 4.11. The average molecular weight is 348 g/mol. The number of halogens is 1. The molecule has 1 heterocycles. The SMILES string of the molecule is CC[C@@]1(C)CCC(c2ccc(Cl)cc2)N(C(C(C)=O)C2CC2)C1=O. The molecule has 3 atom stereocenters. The van der Waals surface area contributed by atoms with Crippen molar-refractivity contribution in [3.8, 4) is 0 Å². The monoisotopic (exact) mass is 347 g/mol. The van der Waals surface area contributed by atoms with Gasteiger partial charge in [-0.05, 0) is 62.6 Å². The largest absolute Gasteiger partial charge is 0.325 e. The van der Waals surface area contributed by atoms with E-state index < -0.39 is 0 Å². The van der Waals surface area contributed by atoms with E-state index in [9.17, 15) is 9.59 Å². The first kappa shape index (κ1) is 17.5. The van der Waals surface area contributed by atoms with Crippen LogP contribution in [-0.4, -0.2) is 22.6 Å². The summed E-state index contributed by atoms with van der Waals surface area (Å²) in [6, 6.07) is 7.42.